The number of nitrogens with zero attached hydrogens (tertiary/aromatic N) is 1. The van der Waals surface area contributed by atoms with Gasteiger partial charge in [0.25, 0.3) is 0 Å². The van der Waals surface area contributed by atoms with Crippen molar-refractivity contribution < 1.29 is 24.2 Å². The Morgan fingerprint density at radius 1 is 1.06 bits per heavy atom. The van der Waals surface area contributed by atoms with Gasteiger partial charge in [-0.25, -0.2) is 9.59 Å². The molecule has 0 saturated carbocycles. The van der Waals surface area contributed by atoms with Crippen molar-refractivity contribution in [2.45, 2.75) is 62.9 Å². The van der Waals surface area contributed by atoms with Gasteiger partial charge in [-0.3, -0.25) is 4.79 Å². The van der Waals surface area contributed by atoms with Crippen molar-refractivity contribution in [1.82, 2.24) is 10.2 Å². The van der Waals surface area contributed by atoms with E-state index in [1.54, 1.807) is 4.90 Å². The van der Waals surface area contributed by atoms with Crippen molar-refractivity contribution in [1.29, 1.82) is 0 Å². The lowest BCUT2D eigenvalue weighted by Gasteiger charge is -2.32. The number of carboxylic acid groups (broad SMARTS) is 1. The Bertz CT molecular complexity index is 1090. The maximum absolute atomic E-state index is 13.1. The van der Waals surface area contributed by atoms with Crippen LogP contribution in [0.5, 0.6) is 0 Å². The Kier molecular flexibility index (Phi) is 6.26. The summed E-state index contributed by atoms with van der Waals surface area (Å²) < 4.78 is 5.61. The zero-order valence-electron chi connectivity index (χ0n) is 20.0. The summed E-state index contributed by atoms with van der Waals surface area (Å²) in [5.74, 6) is -1.09. The topological polar surface area (TPSA) is 95.9 Å². The fourth-order valence-corrected chi connectivity index (χ4v) is 6.27. The molecule has 5 rings (SSSR count). The molecule has 1 aliphatic carbocycles. The number of alkyl carbamates (subject to hydrolysis) is 1. The first-order chi connectivity index (χ1) is 16.9. The summed E-state index contributed by atoms with van der Waals surface area (Å²) in [6.45, 7) is 2.53. The molecule has 35 heavy (non-hydrogen) atoms. The van der Waals surface area contributed by atoms with Crippen molar-refractivity contribution in [2.24, 2.45) is 5.92 Å². The number of benzene rings is 2. The van der Waals surface area contributed by atoms with Gasteiger partial charge in [-0.15, -0.1) is 0 Å². The van der Waals surface area contributed by atoms with Crippen molar-refractivity contribution >= 4 is 18.0 Å². The molecule has 2 saturated heterocycles. The van der Waals surface area contributed by atoms with Gasteiger partial charge in [0.2, 0.25) is 5.91 Å². The molecular formula is C28H32N2O5. The number of hydrogen-bond acceptors (Lipinski definition) is 4. The smallest absolute Gasteiger partial charge is 0.407 e. The standard InChI is InChI=1S/C28H32N2O5/c1-2-18(15-25(31)30-19-11-13-28(30,14-12-19)26(32)33)16-29-27(34)35-17-24-22-9-5-3-7-20(22)21-8-4-6-10-23(21)24/h3-10,18-19,24H,2,11-17H2,1H3,(H,29,34)(H,32,33). The van der Waals surface area contributed by atoms with Gasteiger partial charge in [-0.2, -0.15) is 0 Å². The van der Waals surface area contributed by atoms with Crippen LogP contribution in [0.25, 0.3) is 11.1 Å². The van der Waals surface area contributed by atoms with E-state index in [1.807, 2.05) is 31.2 Å². The van der Waals surface area contributed by atoms with Crippen LogP contribution in [0, 0.1) is 5.92 Å². The number of hydrogen-bond donors (Lipinski definition) is 2. The summed E-state index contributed by atoms with van der Waals surface area (Å²) in [5, 5.41) is 12.6. The molecule has 0 radical (unpaired) electrons. The second-order valence-corrected chi connectivity index (χ2v) is 10.0. The van der Waals surface area contributed by atoms with E-state index in [4.69, 9.17) is 4.74 Å². The Labute approximate surface area is 205 Å². The number of carbonyl (C=O) groups excluding carboxylic acids is 2. The largest absolute Gasteiger partial charge is 0.479 e. The van der Waals surface area contributed by atoms with E-state index >= 15 is 0 Å². The molecule has 3 aliphatic rings. The number of amides is 2. The molecule has 1 unspecified atom stereocenters. The third-order valence-electron chi connectivity index (χ3n) is 8.19. The molecule has 2 fully saturated rings. The molecule has 1 atom stereocenters. The summed E-state index contributed by atoms with van der Waals surface area (Å²) in [6, 6.07) is 16.4. The Morgan fingerprint density at radius 2 is 1.66 bits per heavy atom. The number of aliphatic carboxylic acids is 1. The molecule has 7 heteroatoms. The molecular weight excluding hydrogens is 444 g/mol. The minimum absolute atomic E-state index is 0.00505. The monoisotopic (exact) mass is 476 g/mol. The Hall–Kier alpha value is -3.35. The number of carboxylic acids is 1. The molecule has 2 N–H and O–H groups in total. The molecule has 0 aromatic heterocycles. The number of ether oxygens (including phenoxy) is 1. The highest BCUT2D eigenvalue weighted by Gasteiger charge is 2.58. The van der Waals surface area contributed by atoms with Gasteiger partial charge in [-0.1, -0.05) is 61.9 Å². The lowest BCUT2D eigenvalue weighted by atomic mass is 9.88. The van der Waals surface area contributed by atoms with E-state index in [-0.39, 0.29) is 36.8 Å². The van der Waals surface area contributed by atoms with E-state index in [2.05, 4.69) is 29.6 Å². The SMILES string of the molecule is CCC(CNC(=O)OCC1c2ccccc2-c2ccccc21)CC(=O)N1C2CCC1(C(=O)O)CC2. The highest BCUT2D eigenvalue weighted by atomic mass is 16.5. The second-order valence-electron chi connectivity index (χ2n) is 10.0. The van der Waals surface area contributed by atoms with Crippen LogP contribution in [0.4, 0.5) is 4.79 Å². The molecule has 2 bridgehead atoms. The Morgan fingerprint density at radius 3 is 2.23 bits per heavy atom. The second kappa shape index (κ2) is 9.36. The van der Waals surface area contributed by atoms with Crippen LogP contribution in [0.3, 0.4) is 0 Å². The van der Waals surface area contributed by atoms with Crippen LogP contribution < -0.4 is 5.32 Å². The fourth-order valence-electron chi connectivity index (χ4n) is 6.27. The van der Waals surface area contributed by atoms with Gasteiger partial charge >= 0.3 is 12.1 Å². The average molecular weight is 477 g/mol. The first kappa shape index (κ1) is 23.4. The van der Waals surface area contributed by atoms with Gasteiger partial charge in [0.1, 0.15) is 12.1 Å². The van der Waals surface area contributed by atoms with Crippen LogP contribution in [-0.4, -0.2) is 52.7 Å². The van der Waals surface area contributed by atoms with Crippen molar-refractivity contribution in [3.8, 4) is 11.1 Å². The molecule has 2 amide bonds. The summed E-state index contributed by atoms with van der Waals surface area (Å²) in [5.41, 5.74) is 3.64. The minimum Gasteiger partial charge on any atom is -0.479 e. The van der Waals surface area contributed by atoms with Gasteiger partial charge in [0, 0.05) is 24.9 Å². The van der Waals surface area contributed by atoms with Crippen LogP contribution in [-0.2, 0) is 14.3 Å². The normalized spacial score (nSPS) is 23.0. The van der Waals surface area contributed by atoms with E-state index in [1.165, 1.54) is 11.1 Å². The quantitative estimate of drug-likeness (QED) is 0.583. The molecule has 2 aromatic carbocycles. The lowest BCUT2D eigenvalue weighted by Crippen LogP contribution is -2.51. The van der Waals surface area contributed by atoms with Crippen LogP contribution in [0.2, 0.25) is 0 Å². The first-order valence-electron chi connectivity index (χ1n) is 12.6. The summed E-state index contributed by atoms with van der Waals surface area (Å²) in [7, 11) is 0. The number of rotatable bonds is 8. The van der Waals surface area contributed by atoms with Gasteiger partial charge in [0.15, 0.2) is 0 Å². The maximum Gasteiger partial charge on any atom is 0.407 e. The highest BCUT2D eigenvalue weighted by Crippen LogP contribution is 2.47. The van der Waals surface area contributed by atoms with E-state index in [9.17, 15) is 19.5 Å². The maximum atomic E-state index is 13.1. The molecule has 2 heterocycles. The average Bonchev–Trinajstić information content (AvgIpc) is 3.54. The predicted octanol–water partition coefficient (Wildman–Crippen LogP) is 4.55. The third kappa shape index (κ3) is 4.07. The molecule has 2 aromatic rings. The molecule has 184 valence electrons. The first-order valence-corrected chi connectivity index (χ1v) is 12.6. The number of carbonyl (C=O) groups is 3. The van der Waals surface area contributed by atoms with Gasteiger partial charge in [-0.05, 0) is 53.9 Å². The lowest BCUT2D eigenvalue weighted by molar-refractivity contribution is -0.155. The molecule has 0 spiro atoms. The van der Waals surface area contributed by atoms with E-state index in [0.717, 1.165) is 24.0 Å². The van der Waals surface area contributed by atoms with Gasteiger partial charge in [0.05, 0.1) is 0 Å². The van der Waals surface area contributed by atoms with Crippen LogP contribution >= 0.6 is 0 Å². The summed E-state index contributed by atoms with van der Waals surface area (Å²) in [4.78, 5) is 39.2. The van der Waals surface area contributed by atoms with Crippen molar-refractivity contribution in [3.05, 3.63) is 59.7 Å². The van der Waals surface area contributed by atoms with Crippen molar-refractivity contribution in [3.63, 3.8) is 0 Å². The Balaban J connectivity index is 1.16. The minimum atomic E-state index is -1.03. The van der Waals surface area contributed by atoms with Crippen LogP contribution in [0.1, 0.15) is 62.5 Å². The zero-order chi connectivity index (χ0) is 24.6. The van der Waals surface area contributed by atoms with Crippen LogP contribution in [0.15, 0.2) is 48.5 Å². The van der Waals surface area contributed by atoms with Gasteiger partial charge < -0.3 is 20.1 Å². The number of fused-ring (bicyclic) bond motifs is 5. The van der Waals surface area contributed by atoms with E-state index < -0.39 is 17.6 Å². The fraction of sp³-hybridized carbons (Fsp3) is 0.464. The third-order valence-corrected chi connectivity index (χ3v) is 8.19. The predicted molar refractivity (Wildman–Crippen MR) is 131 cm³/mol. The number of nitrogens with one attached hydrogen (secondary N) is 1. The summed E-state index contributed by atoms with van der Waals surface area (Å²) >= 11 is 0. The zero-order valence-corrected chi connectivity index (χ0v) is 20.0. The molecule has 7 nitrogen and oxygen atoms in total. The highest BCUT2D eigenvalue weighted by molar-refractivity contribution is 5.89. The van der Waals surface area contributed by atoms with Crippen molar-refractivity contribution in [2.75, 3.05) is 13.2 Å². The molecule has 2 aliphatic heterocycles. The summed E-state index contributed by atoms with van der Waals surface area (Å²) in [6.07, 6.45) is 3.02. The van der Waals surface area contributed by atoms with E-state index in [0.29, 0.717) is 25.8 Å².